The summed E-state index contributed by atoms with van der Waals surface area (Å²) in [5.74, 6) is 2.11. The van der Waals surface area contributed by atoms with Gasteiger partial charge in [-0.05, 0) is 98.0 Å². The van der Waals surface area contributed by atoms with Crippen LogP contribution in [0, 0.1) is 11.8 Å². The van der Waals surface area contributed by atoms with Crippen LogP contribution in [0.3, 0.4) is 0 Å². The summed E-state index contributed by atoms with van der Waals surface area (Å²) in [6.07, 6.45) is 14.9. The van der Waals surface area contributed by atoms with Crippen LogP contribution >= 0.6 is 0 Å². The predicted octanol–water partition coefficient (Wildman–Crippen LogP) is 5.35. The Morgan fingerprint density at radius 2 is 1.05 bits per heavy atom. The van der Waals surface area contributed by atoms with Crippen molar-refractivity contribution in [2.45, 2.75) is 75.0 Å². The van der Waals surface area contributed by atoms with Gasteiger partial charge in [-0.1, -0.05) is 24.3 Å². The molecule has 1 aromatic rings. The summed E-state index contributed by atoms with van der Waals surface area (Å²) in [4.78, 5) is 0. The Hall–Kier alpha value is -0.780. The lowest BCUT2D eigenvalue weighted by molar-refractivity contribution is 0.382. The van der Waals surface area contributed by atoms with Crippen molar-refractivity contribution >= 4 is 0 Å². The average molecular weight is 266 g/mol. The first-order valence-corrected chi connectivity index (χ1v) is 8.90. The topological polar surface area (TPSA) is 0 Å². The Morgan fingerprint density at radius 1 is 0.650 bits per heavy atom. The van der Waals surface area contributed by atoms with E-state index in [2.05, 4.69) is 24.3 Å². The van der Waals surface area contributed by atoms with E-state index in [4.69, 9.17) is 0 Å². The molecule has 0 amide bonds. The molecule has 20 heavy (non-hydrogen) atoms. The van der Waals surface area contributed by atoms with Gasteiger partial charge in [0.2, 0.25) is 0 Å². The highest BCUT2D eigenvalue weighted by Crippen LogP contribution is 2.61. The molecule has 0 spiro atoms. The molecule has 4 fully saturated rings. The van der Waals surface area contributed by atoms with Crippen molar-refractivity contribution in [3.8, 4) is 0 Å². The lowest BCUT2D eigenvalue weighted by Crippen LogP contribution is -2.28. The summed E-state index contributed by atoms with van der Waals surface area (Å²) in [6.45, 7) is 0. The number of hydrogen-bond acceptors (Lipinski definition) is 0. The van der Waals surface area contributed by atoms with Crippen LogP contribution in [0.15, 0.2) is 24.3 Å². The molecule has 4 saturated carbocycles. The molecule has 0 nitrogen and oxygen atoms in total. The van der Waals surface area contributed by atoms with Gasteiger partial charge in [0.1, 0.15) is 0 Å². The molecule has 0 N–H and O–H groups in total. The molecule has 4 aliphatic rings. The van der Waals surface area contributed by atoms with Crippen LogP contribution in [0.2, 0.25) is 0 Å². The third-order valence-electron chi connectivity index (χ3n) is 7.55. The molecule has 0 saturated heterocycles. The van der Waals surface area contributed by atoms with Crippen molar-refractivity contribution in [3.05, 3.63) is 35.4 Å². The lowest BCUT2D eigenvalue weighted by atomic mass is 9.68. The largest absolute Gasteiger partial charge is 0.0620 e. The molecule has 5 rings (SSSR count). The van der Waals surface area contributed by atoms with Crippen molar-refractivity contribution in [1.29, 1.82) is 0 Å². The van der Waals surface area contributed by atoms with Crippen molar-refractivity contribution < 1.29 is 0 Å². The normalized spacial score (nSPS) is 45.4. The fourth-order valence-corrected chi connectivity index (χ4v) is 6.55. The molecule has 106 valence electrons. The van der Waals surface area contributed by atoms with Crippen molar-refractivity contribution in [2.75, 3.05) is 0 Å². The number of rotatable bonds is 2. The molecule has 0 aliphatic heterocycles. The Morgan fingerprint density at radius 3 is 1.35 bits per heavy atom. The fourth-order valence-electron chi connectivity index (χ4n) is 6.55. The lowest BCUT2D eigenvalue weighted by Gasteiger charge is -2.36. The molecule has 0 unspecified atom stereocenters. The zero-order valence-corrected chi connectivity index (χ0v) is 12.5. The van der Waals surface area contributed by atoms with Gasteiger partial charge in [0, 0.05) is 0 Å². The smallest absolute Gasteiger partial charge is 0.00412 e. The molecular weight excluding hydrogens is 240 g/mol. The monoisotopic (exact) mass is 266 g/mol. The fraction of sp³-hybridized carbons (Fsp3) is 0.700. The van der Waals surface area contributed by atoms with Gasteiger partial charge >= 0.3 is 0 Å². The van der Waals surface area contributed by atoms with Crippen molar-refractivity contribution in [3.63, 3.8) is 0 Å². The first-order chi connectivity index (χ1) is 9.80. The quantitative estimate of drug-likeness (QED) is 0.677. The minimum absolute atomic E-state index is 0.594. The SMILES string of the molecule is c1ccc(C23CCC(CC2)C3)c(C23CCC(CC2)C3)c1. The van der Waals surface area contributed by atoms with E-state index in [9.17, 15) is 0 Å². The Balaban J connectivity index is 1.64. The van der Waals surface area contributed by atoms with Crippen LogP contribution in [0.1, 0.15) is 75.3 Å². The van der Waals surface area contributed by atoms with Gasteiger partial charge in [-0.25, -0.2) is 0 Å². The van der Waals surface area contributed by atoms with Crippen LogP contribution in [0.25, 0.3) is 0 Å². The van der Waals surface area contributed by atoms with Gasteiger partial charge in [-0.2, -0.15) is 0 Å². The van der Waals surface area contributed by atoms with E-state index in [1.165, 1.54) is 64.2 Å². The summed E-state index contributed by atoms with van der Waals surface area (Å²) in [5, 5.41) is 0. The molecule has 4 bridgehead atoms. The standard InChI is InChI=1S/C20H26/c1-2-4-18(20-11-7-16(14-20)8-12-20)17(3-1)19-9-5-15(13-19)6-10-19/h1-4,15-16H,5-14H2. The Kier molecular flexibility index (Phi) is 2.31. The number of fused-ring (bicyclic) bond motifs is 4. The molecule has 0 heterocycles. The van der Waals surface area contributed by atoms with E-state index < -0.39 is 0 Å². The van der Waals surface area contributed by atoms with Gasteiger partial charge in [0.15, 0.2) is 0 Å². The molecule has 0 aromatic heterocycles. The first-order valence-electron chi connectivity index (χ1n) is 8.90. The van der Waals surface area contributed by atoms with Crippen LogP contribution in [-0.4, -0.2) is 0 Å². The highest BCUT2D eigenvalue weighted by atomic mass is 14.6. The average Bonchev–Trinajstić information content (AvgIpc) is 3.28. The summed E-state index contributed by atoms with van der Waals surface area (Å²) in [7, 11) is 0. The van der Waals surface area contributed by atoms with Crippen LogP contribution in [0.5, 0.6) is 0 Å². The Labute approximate surface area is 123 Å². The molecule has 4 aliphatic carbocycles. The van der Waals surface area contributed by atoms with Gasteiger partial charge in [0.05, 0.1) is 0 Å². The highest BCUT2D eigenvalue weighted by Gasteiger charge is 2.51. The molecule has 0 radical (unpaired) electrons. The Bertz CT molecular complexity index is 476. The third-order valence-corrected chi connectivity index (χ3v) is 7.55. The van der Waals surface area contributed by atoms with E-state index >= 15 is 0 Å². The first kappa shape index (κ1) is 11.8. The number of hydrogen-bond donors (Lipinski definition) is 0. The second kappa shape index (κ2) is 3.90. The molecular formula is C20H26. The number of benzene rings is 1. The van der Waals surface area contributed by atoms with E-state index in [1.54, 1.807) is 11.1 Å². The second-order valence-corrected chi connectivity index (χ2v) is 8.40. The van der Waals surface area contributed by atoms with Crippen LogP contribution in [0.4, 0.5) is 0 Å². The molecule has 1 aromatic carbocycles. The van der Waals surface area contributed by atoms with Gasteiger partial charge < -0.3 is 0 Å². The van der Waals surface area contributed by atoms with Crippen LogP contribution < -0.4 is 0 Å². The van der Waals surface area contributed by atoms with Gasteiger partial charge in [-0.15, -0.1) is 0 Å². The van der Waals surface area contributed by atoms with E-state index in [0.29, 0.717) is 10.8 Å². The van der Waals surface area contributed by atoms with E-state index in [-0.39, 0.29) is 0 Å². The van der Waals surface area contributed by atoms with E-state index in [0.717, 1.165) is 11.8 Å². The maximum absolute atomic E-state index is 2.52. The summed E-state index contributed by atoms with van der Waals surface area (Å²) >= 11 is 0. The maximum atomic E-state index is 2.52. The third kappa shape index (κ3) is 1.43. The summed E-state index contributed by atoms with van der Waals surface area (Å²) in [5.41, 5.74) is 4.78. The molecule has 0 heteroatoms. The zero-order valence-electron chi connectivity index (χ0n) is 12.5. The zero-order chi connectivity index (χ0) is 13.2. The van der Waals surface area contributed by atoms with Gasteiger partial charge in [0.25, 0.3) is 0 Å². The molecule has 0 atom stereocenters. The summed E-state index contributed by atoms with van der Waals surface area (Å²) < 4.78 is 0. The van der Waals surface area contributed by atoms with Crippen molar-refractivity contribution in [1.82, 2.24) is 0 Å². The highest BCUT2D eigenvalue weighted by molar-refractivity contribution is 5.43. The minimum atomic E-state index is 0.594. The van der Waals surface area contributed by atoms with Crippen molar-refractivity contribution in [2.24, 2.45) is 11.8 Å². The minimum Gasteiger partial charge on any atom is -0.0620 e. The second-order valence-electron chi connectivity index (χ2n) is 8.40. The summed E-state index contributed by atoms with van der Waals surface area (Å²) in [6, 6.07) is 9.67. The van der Waals surface area contributed by atoms with E-state index in [1.807, 2.05) is 0 Å². The van der Waals surface area contributed by atoms with Crippen LogP contribution in [-0.2, 0) is 10.8 Å². The maximum Gasteiger partial charge on any atom is -0.00412 e. The predicted molar refractivity (Wildman–Crippen MR) is 82.9 cm³/mol. The van der Waals surface area contributed by atoms with Gasteiger partial charge in [-0.3, -0.25) is 0 Å².